The first kappa shape index (κ1) is 12.9. The minimum absolute atomic E-state index is 0.420. The fraction of sp³-hybridized carbons (Fsp3) is 0.100. The van der Waals surface area contributed by atoms with Gasteiger partial charge in [0.25, 0.3) is 0 Å². The van der Waals surface area contributed by atoms with Crippen molar-refractivity contribution in [3.8, 4) is 5.75 Å². The second-order valence-corrected chi connectivity index (χ2v) is 4.57. The van der Waals surface area contributed by atoms with E-state index in [9.17, 15) is 0 Å². The standard InChI is InChI=1S/C10H10ClN5OS/c1-17-8-9(16-12)14-5-15-10(8)18-7-3-2-6(11)4-13-7/h2-5H,12H2,1H3,(H,14,15,16). The van der Waals surface area contributed by atoms with Gasteiger partial charge < -0.3 is 10.2 Å². The number of anilines is 1. The van der Waals surface area contributed by atoms with Crippen LogP contribution in [-0.4, -0.2) is 22.1 Å². The largest absolute Gasteiger partial charge is 0.490 e. The van der Waals surface area contributed by atoms with Crippen molar-refractivity contribution in [3.05, 3.63) is 29.7 Å². The van der Waals surface area contributed by atoms with Crippen molar-refractivity contribution in [3.63, 3.8) is 0 Å². The average Bonchev–Trinajstić information content (AvgIpc) is 2.41. The molecule has 18 heavy (non-hydrogen) atoms. The third-order valence-corrected chi connectivity index (χ3v) is 3.17. The molecule has 2 rings (SSSR count). The van der Waals surface area contributed by atoms with Gasteiger partial charge >= 0.3 is 0 Å². The lowest BCUT2D eigenvalue weighted by molar-refractivity contribution is 0.400. The summed E-state index contributed by atoms with van der Waals surface area (Å²) < 4.78 is 5.22. The van der Waals surface area contributed by atoms with Crippen molar-refractivity contribution in [1.82, 2.24) is 15.0 Å². The van der Waals surface area contributed by atoms with E-state index in [-0.39, 0.29) is 0 Å². The monoisotopic (exact) mass is 283 g/mol. The van der Waals surface area contributed by atoms with E-state index in [1.54, 1.807) is 18.3 Å². The van der Waals surface area contributed by atoms with Crippen LogP contribution in [0.4, 0.5) is 5.82 Å². The summed E-state index contributed by atoms with van der Waals surface area (Å²) in [6.45, 7) is 0. The summed E-state index contributed by atoms with van der Waals surface area (Å²) in [4.78, 5) is 12.3. The SMILES string of the molecule is COc1c(NN)ncnc1Sc1ccc(Cl)cn1. The Bertz CT molecular complexity index is 536. The Morgan fingerprint density at radius 1 is 1.33 bits per heavy atom. The normalized spacial score (nSPS) is 10.2. The van der Waals surface area contributed by atoms with Crippen molar-refractivity contribution in [2.75, 3.05) is 12.5 Å². The first-order valence-corrected chi connectivity index (χ1v) is 6.09. The lowest BCUT2D eigenvalue weighted by Crippen LogP contribution is -2.10. The molecule has 3 N–H and O–H groups in total. The van der Waals surface area contributed by atoms with Crippen LogP contribution < -0.4 is 16.0 Å². The van der Waals surface area contributed by atoms with Gasteiger partial charge in [0.15, 0.2) is 16.6 Å². The molecule has 0 aromatic carbocycles. The minimum atomic E-state index is 0.420. The van der Waals surface area contributed by atoms with E-state index < -0.39 is 0 Å². The lowest BCUT2D eigenvalue weighted by Gasteiger charge is -2.09. The molecule has 6 nitrogen and oxygen atoms in total. The topological polar surface area (TPSA) is 86.0 Å². The molecule has 0 unspecified atom stereocenters. The average molecular weight is 284 g/mol. The highest BCUT2D eigenvalue weighted by atomic mass is 35.5. The number of aromatic nitrogens is 3. The second kappa shape index (κ2) is 5.85. The molecule has 0 aliphatic carbocycles. The minimum Gasteiger partial charge on any atom is -0.490 e. The molecule has 0 saturated heterocycles. The van der Waals surface area contributed by atoms with E-state index in [0.717, 1.165) is 5.03 Å². The first-order chi connectivity index (χ1) is 8.74. The van der Waals surface area contributed by atoms with E-state index in [1.807, 2.05) is 0 Å². The molecule has 0 aliphatic rings. The van der Waals surface area contributed by atoms with Gasteiger partial charge in [-0.1, -0.05) is 11.6 Å². The Hall–Kier alpha value is -1.57. The molecule has 0 aliphatic heterocycles. The van der Waals surface area contributed by atoms with Crippen LogP contribution in [0.3, 0.4) is 0 Å². The van der Waals surface area contributed by atoms with E-state index in [1.165, 1.54) is 25.2 Å². The van der Waals surface area contributed by atoms with Gasteiger partial charge in [0.2, 0.25) is 0 Å². The van der Waals surface area contributed by atoms with Crippen molar-refractivity contribution < 1.29 is 4.74 Å². The molecule has 0 amide bonds. The van der Waals surface area contributed by atoms with Crippen LogP contribution >= 0.6 is 23.4 Å². The summed E-state index contributed by atoms with van der Waals surface area (Å²) in [7, 11) is 1.53. The smallest absolute Gasteiger partial charge is 0.195 e. The third-order valence-electron chi connectivity index (χ3n) is 2.01. The molecule has 94 valence electrons. The van der Waals surface area contributed by atoms with E-state index >= 15 is 0 Å². The Morgan fingerprint density at radius 2 is 2.17 bits per heavy atom. The van der Waals surface area contributed by atoms with Crippen LogP contribution in [-0.2, 0) is 0 Å². The number of hydrogen-bond donors (Lipinski definition) is 2. The highest BCUT2D eigenvalue weighted by molar-refractivity contribution is 7.99. The number of ether oxygens (including phenoxy) is 1. The van der Waals surface area contributed by atoms with E-state index in [2.05, 4.69) is 20.4 Å². The maximum Gasteiger partial charge on any atom is 0.195 e. The number of nitrogens with zero attached hydrogens (tertiary/aromatic N) is 3. The Kier molecular flexibility index (Phi) is 4.19. The van der Waals surface area contributed by atoms with Gasteiger partial charge in [-0.3, -0.25) is 0 Å². The Balaban J connectivity index is 2.31. The lowest BCUT2D eigenvalue weighted by atomic mass is 10.5. The van der Waals surface area contributed by atoms with Crippen molar-refractivity contribution >= 4 is 29.2 Å². The summed E-state index contributed by atoms with van der Waals surface area (Å²) >= 11 is 7.11. The molecular formula is C10H10ClN5OS. The molecule has 0 radical (unpaired) electrons. The van der Waals surface area contributed by atoms with Crippen molar-refractivity contribution in [1.29, 1.82) is 0 Å². The molecule has 8 heteroatoms. The number of pyridine rings is 1. The number of nitrogen functional groups attached to an aromatic ring is 1. The Labute approximate surface area is 113 Å². The quantitative estimate of drug-likeness (QED) is 0.504. The predicted molar refractivity (Wildman–Crippen MR) is 69.8 cm³/mol. The van der Waals surface area contributed by atoms with Crippen LogP contribution in [0.25, 0.3) is 0 Å². The summed E-state index contributed by atoms with van der Waals surface area (Å²) in [6.07, 6.45) is 2.97. The number of nitrogens with two attached hydrogens (primary N) is 1. The summed E-state index contributed by atoms with van der Waals surface area (Å²) in [5.74, 6) is 6.24. The van der Waals surface area contributed by atoms with Gasteiger partial charge in [-0.25, -0.2) is 20.8 Å². The molecule has 0 bridgehead atoms. The number of rotatable bonds is 4. The number of hydrazine groups is 1. The van der Waals surface area contributed by atoms with Crippen molar-refractivity contribution in [2.24, 2.45) is 5.84 Å². The molecule has 0 spiro atoms. The maximum atomic E-state index is 5.77. The van der Waals surface area contributed by atoms with Crippen LogP contribution in [0.1, 0.15) is 0 Å². The first-order valence-electron chi connectivity index (χ1n) is 4.89. The molecule has 2 aromatic heterocycles. The maximum absolute atomic E-state index is 5.77. The predicted octanol–water partition coefficient (Wildman–Crippen LogP) is 1.97. The van der Waals surface area contributed by atoms with E-state index in [0.29, 0.717) is 21.6 Å². The fourth-order valence-electron chi connectivity index (χ4n) is 1.24. The van der Waals surface area contributed by atoms with E-state index in [4.69, 9.17) is 22.2 Å². The van der Waals surface area contributed by atoms with Crippen LogP contribution in [0, 0.1) is 0 Å². The number of methoxy groups -OCH3 is 1. The highest BCUT2D eigenvalue weighted by Crippen LogP contribution is 2.35. The summed E-state index contributed by atoms with van der Waals surface area (Å²) in [6, 6.07) is 3.55. The molecule has 2 aromatic rings. The van der Waals surface area contributed by atoms with Crippen LogP contribution in [0.15, 0.2) is 34.7 Å². The van der Waals surface area contributed by atoms with Crippen LogP contribution in [0.5, 0.6) is 5.75 Å². The second-order valence-electron chi connectivity index (χ2n) is 3.12. The number of halogens is 1. The van der Waals surface area contributed by atoms with Gasteiger partial charge in [0.1, 0.15) is 11.4 Å². The zero-order chi connectivity index (χ0) is 13.0. The fourth-order valence-corrected chi connectivity index (χ4v) is 2.16. The molecular weight excluding hydrogens is 274 g/mol. The molecule has 0 saturated carbocycles. The van der Waals surface area contributed by atoms with Crippen molar-refractivity contribution in [2.45, 2.75) is 10.1 Å². The number of hydrogen-bond acceptors (Lipinski definition) is 7. The van der Waals surface area contributed by atoms with Gasteiger partial charge in [-0.15, -0.1) is 0 Å². The zero-order valence-electron chi connectivity index (χ0n) is 9.42. The molecule has 0 fully saturated rings. The third kappa shape index (κ3) is 2.81. The molecule has 2 heterocycles. The van der Waals surface area contributed by atoms with Gasteiger partial charge in [0, 0.05) is 6.20 Å². The number of nitrogens with one attached hydrogen (secondary N) is 1. The van der Waals surface area contributed by atoms with Gasteiger partial charge in [0.05, 0.1) is 12.1 Å². The van der Waals surface area contributed by atoms with Crippen LogP contribution in [0.2, 0.25) is 5.02 Å². The molecule has 0 atom stereocenters. The zero-order valence-corrected chi connectivity index (χ0v) is 11.0. The summed E-state index contributed by atoms with van der Waals surface area (Å²) in [5, 5.41) is 1.95. The Morgan fingerprint density at radius 3 is 2.78 bits per heavy atom. The highest BCUT2D eigenvalue weighted by Gasteiger charge is 2.13. The van der Waals surface area contributed by atoms with Gasteiger partial charge in [-0.2, -0.15) is 0 Å². The van der Waals surface area contributed by atoms with Gasteiger partial charge in [-0.05, 0) is 23.9 Å². The summed E-state index contributed by atoms with van der Waals surface area (Å²) in [5.41, 5.74) is 2.45.